The highest BCUT2D eigenvalue weighted by Gasteiger charge is 2.04. The molecule has 0 aliphatic heterocycles. The predicted octanol–water partition coefficient (Wildman–Crippen LogP) is 3.95. The van der Waals surface area contributed by atoms with Crippen LogP contribution in [0, 0.1) is 0 Å². The number of hydrogen-bond acceptors (Lipinski definition) is 3. The molecule has 0 aliphatic rings. The van der Waals surface area contributed by atoms with Crippen molar-refractivity contribution in [2.45, 2.75) is 19.4 Å². The smallest absolute Gasteiger partial charge is 0.129 e. The van der Waals surface area contributed by atoms with Crippen LogP contribution in [0.3, 0.4) is 0 Å². The zero-order chi connectivity index (χ0) is 14.5. The van der Waals surface area contributed by atoms with Crippen molar-refractivity contribution in [1.82, 2.24) is 0 Å². The van der Waals surface area contributed by atoms with Crippen LogP contribution < -0.4 is 15.4 Å². The van der Waals surface area contributed by atoms with Crippen molar-refractivity contribution in [2.75, 3.05) is 19.0 Å². The zero-order valence-electron chi connectivity index (χ0n) is 12.3. The van der Waals surface area contributed by atoms with E-state index in [1.807, 2.05) is 56.6 Å². The summed E-state index contributed by atoms with van der Waals surface area (Å²) in [7, 11) is 4.03. The molecule has 1 unspecified atom stereocenters. The second-order valence-electron chi connectivity index (χ2n) is 5.08. The number of rotatable bonds is 5. The molecule has 2 N–H and O–H groups in total. The van der Waals surface area contributed by atoms with Gasteiger partial charge in [0.05, 0.1) is 0 Å². The summed E-state index contributed by atoms with van der Waals surface area (Å²) in [5.74, 6) is 1.66. The lowest BCUT2D eigenvalue weighted by atomic mass is 10.1. The summed E-state index contributed by atoms with van der Waals surface area (Å²) in [5.41, 5.74) is 8.26. The number of nitrogens with two attached hydrogens (primary N) is 1. The third kappa shape index (κ3) is 3.52. The maximum atomic E-state index is 6.00. The molecule has 2 aromatic rings. The first-order chi connectivity index (χ1) is 9.60. The number of hydrogen-bond donors (Lipinski definition) is 1. The van der Waals surface area contributed by atoms with Gasteiger partial charge in [-0.25, -0.2) is 0 Å². The molecule has 0 fully saturated rings. The maximum Gasteiger partial charge on any atom is 0.129 e. The van der Waals surface area contributed by atoms with Gasteiger partial charge in [-0.05, 0) is 36.2 Å². The molecule has 3 nitrogen and oxygen atoms in total. The van der Waals surface area contributed by atoms with Gasteiger partial charge in [0.1, 0.15) is 11.5 Å². The molecule has 0 amide bonds. The van der Waals surface area contributed by atoms with E-state index in [2.05, 4.69) is 17.9 Å². The van der Waals surface area contributed by atoms with Crippen LogP contribution in [-0.4, -0.2) is 14.1 Å². The maximum absolute atomic E-state index is 6.00. The molecule has 106 valence electrons. The summed E-state index contributed by atoms with van der Waals surface area (Å²) in [4.78, 5) is 2.05. The van der Waals surface area contributed by atoms with Crippen LogP contribution in [0.4, 0.5) is 5.69 Å². The molecule has 2 rings (SSSR count). The molecule has 0 radical (unpaired) electrons. The van der Waals surface area contributed by atoms with Crippen LogP contribution in [0.2, 0.25) is 0 Å². The van der Waals surface area contributed by atoms with Crippen molar-refractivity contribution in [3.8, 4) is 11.5 Å². The van der Waals surface area contributed by atoms with Gasteiger partial charge in [0, 0.05) is 31.9 Å². The molecule has 0 spiro atoms. The zero-order valence-corrected chi connectivity index (χ0v) is 12.3. The Morgan fingerprint density at radius 3 is 2.35 bits per heavy atom. The van der Waals surface area contributed by atoms with E-state index in [4.69, 9.17) is 10.5 Å². The number of benzene rings is 2. The third-order valence-electron chi connectivity index (χ3n) is 3.32. The van der Waals surface area contributed by atoms with Gasteiger partial charge >= 0.3 is 0 Å². The first kappa shape index (κ1) is 14.4. The number of anilines is 1. The summed E-state index contributed by atoms with van der Waals surface area (Å²) in [6.45, 7) is 2.09. The van der Waals surface area contributed by atoms with Crippen molar-refractivity contribution in [1.29, 1.82) is 0 Å². The van der Waals surface area contributed by atoms with Gasteiger partial charge in [-0.1, -0.05) is 25.1 Å². The van der Waals surface area contributed by atoms with E-state index in [1.54, 1.807) is 0 Å². The van der Waals surface area contributed by atoms with Crippen molar-refractivity contribution in [3.05, 3.63) is 54.1 Å². The van der Waals surface area contributed by atoms with Crippen LogP contribution in [0.5, 0.6) is 11.5 Å². The molecule has 20 heavy (non-hydrogen) atoms. The fraction of sp³-hybridized carbons (Fsp3) is 0.294. The van der Waals surface area contributed by atoms with Gasteiger partial charge in [0.25, 0.3) is 0 Å². The molecule has 0 heterocycles. The largest absolute Gasteiger partial charge is 0.457 e. The average molecular weight is 270 g/mol. The van der Waals surface area contributed by atoms with Crippen LogP contribution in [0.1, 0.15) is 24.9 Å². The van der Waals surface area contributed by atoms with Gasteiger partial charge in [-0.3, -0.25) is 0 Å². The second-order valence-corrected chi connectivity index (χ2v) is 5.08. The molecular formula is C17H22N2O. The summed E-state index contributed by atoms with van der Waals surface area (Å²) in [6, 6.07) is 16.1. The normalized spacial score (nSPS) is 12.0. The Kier molecular flexibility index (Phi) is 4.64. The van der Waals surface area contributed by atoms with E-state index in [-0.39, 0.29) is 6.04 Å². The summed E-state index contributed by atoms with van der Waals surface area (Å²) < 4.78 is 5.87. The number of nitrogens with zero attached hydrogens (tertiary/aromatic N) is 1. The van der Waals surface area contributed by atoms with Gasteiger partial charge in [-0.15, -0.1) is 0 Å². The van der Waals surface area contributed by atoms with E-state index < -0.39 is 0 Å². The molecule has 0 saturated carbocycles. The van der Waals surface area contributed by atoms with E-state index in [1.165, 1.54) is 0 Å². The van der Waals surface area contributed by atoms with Crippen molar-refractivity contribution in [2.24, 2.45) is 5.73 Å². The van der Waals surface area contributed by atoms with Gasteiger partial charge in [-0.2, -0.15) is 0 Å². The number of ether oxygens (including phenoxy) is 1. The highest BCUT2D eigenvalue weighted by molar-refractivity contribution is 5.50. The van der Waals surface area contributed by atoms with Gasteiger partial charge in [0.15, 0.2) is 0 Å². The Morgan fingerprint density at radius 2 is 1.75 bits per heavy atom. The van der Waals surface area contributed by atoms with Crippen molar-refractivity contribution < 1.29 is 4.74 Å². The summed E-state index contributed by atoms with van der Waals surface area (Å²) in [5, 5.41) is 0. The minimum atomic E-state index is 0.0983. The highest BCUT2D eigenvalue weighted by Crippen LogP contribution is 2.26. The Bertz CT molecular complexity index is 549. The topological polar surface area (TPSA) is 38.5 Å². The molecule has 0 aromatic heterocycles. The average Bonchev–Trinajstić information content (AvgIpc) is 2.47. The lowest BCUT2D eigenvalue weighted by Gasteiger charge is -2.14. The Labute approximate surface area is 121 Å². The molecule has 1 atom stereocenters. The lowest BCUT2D eigenvalue weighted by molar-refractivity contribution is 0.482. The van der Waals surface area contributed by atoms with Crippen LogP contribution in [0.15, 0.2) is 48.5 Å². The highest BCUT2D eigenvalue weighted by atomic mass is 16.5. The fourth-order valence-electron chi connectivity index (χ4n) is 1.98. The van der Waals surface area contributed by atoms with Crippen LogP contribution >= 0.6 is 0 Å². The quantitative estimate of drug-likeness (QED) is 0.894. The minimum Gasteiger partial charge on any atom is -0.457 e. The Morgan fingerprint density at radius 1 is 1.05 bits per heavy atom. The van der Waals surface area contributed by atoms with Gasteiger partial charge < -0.3 is 15.4 Å². The first-order valence-corrected chi connectivity index (χ1v) is 6.91. The SMILES string of the molecule is CCC(N)c1ccc(Oc2cccc(N(C)C)c2)cc1. The standard InChI is InChI=1S/C17H22N2O/c1-4-17(18)13-8-10-15(11-9-13)20-16-7-5-6-14(12-16)19(2)3/h5-12,17H,4,18H2,1-3H3. The monoisotopic (exact) mass is 270 g/mol. The second kappa shape index (κ2) is 6.44. The molecule has 3 heteroatoms. The molecule has 0 aliphatic carbocycles. The Hall–Kier alpha value is -2.00. The van der Waals surface area contributed by atoms with Crippen LogP contribution in [-0.2, 0) is 0 Å². The van der Waals surface area contributed by atoms with E-state index in [0.717, 1.165) is 29.2 Å². The van der Waals surface area contributed by atoms with E-state index >= 15 is 0 Å². The van der Waals surface area contributed by atoms with E-state index in [9.17, 15) is 0 Å². The van der Waals surface area contributed by atoms with Crippen molar-refractivity contribution in [3.63, 3.8) is 0 Å². The molecule has 2 aromatic carbocycles. The lowest BCUT2D eigenvalue weighted by Crippen LogP contribution is -2.08. The summed E-state index contributed by atoms with van der Waals surface area (Å²) in [6.07, 6.45) is 0.936. The van der Waals surface area contributed by atoms with E-state index in [0.29, 0.717) is 0 Å². The fourth-order valence-corrected chi connectivity index (χ4v) is 1.98. The first-order valence-electron chi connectivity index (χ1n) is 6.91. The Balaban J connectivity index is 2.12. The minimum absolute atomic E-state index is 0.0983. The third-order valence-corrected chi connectivity index (χ3v) is 3.32. The summed E-state index contributed by atoms with van der Waals surface area (Å²) >= 11 is 0. The van der Waals surface area contributed by atoms with Gasteiger partial charge in [0.2, 0.25) is 0 Å². The predicted molar refractivity (Wildman–Crippen MR) is 84.5 cm³/mol. The van der Waals surface area contributed by atoms with Crippen molar-refractivity contribution >= 4 is 5.69 Å². The van der Waals surface area contributed by atoms with Crippen LogP contribution in [0.25, 0.3) is 0 Å². The molecular weight excluding hydrogens is 248 g/mol. The molecule has 0 saturated heterocycles. The molecule has 0 bridgehead atoms.